The number of nitriles is 1. The molecule has 2 aromatic rings. The van der Waals surface area contributed by atoms with Crippen LogP contribution in [-0.2, 0) is 13.7 Å². The first-order valence-corrected chi connectivity index (χ1v) is 5.47. The molecule has 5 heteroatoms. The first kappa shape index (κ1) is 12.1. The van der Waals surface area contributed by atoms with Gasteiger partial charge in [-0.25, -0.2) is 4.68 Å². The molecule has 1 aromatic carbocycles. The zero-order chi connectivity index (χ0) is 13.1. The molecule has 18 heavy (non-hydrogen) atoms. The molecule has 0 atom stereocenters. The van der Waals surface area contributed by atoms with Crippen LogP contribution in [-0.4, -0.2) is 14.9 Å². The van der Waals surface area contributed by atoms with Crippen LogP contribution in [0.25, 0.3) is 0 Å². The highest BCUT2D eigenvalue weighted by atomic mass is 16.5. The smallest absolute Gasteiger partial charge is 0.223 e. The molecule has 0 bridgehead atoms. The molecule has 1 N–H and O–H groups in total. The van der Waals surface area contributed by atoms with Crippen molar-refractivity contribution in [3.05, 3.63) is 41.1 Å². The van der Waals surface area contributed by atoms with Gasteiger partial charge >= 0.3 is 0 Å². The van der Waals surface area contributed by atoms with Crippen LogP contribution in [0.5, 0.6) is 11.6 Å². The first-order chi connectivity index (χ1) is 8.65. The lowest BCUT2D eigenvalue weighted by molar-refractivity contribution is 0.274. The van der Waals surface area contributed by atoms with Crippen molar-refractivity contribution >= 4 is 0 Å². The van der Waals surface area contributed by atoms with E-state index in [1.807, 2.05) is 13.0 Å². The van der Waals surface area contributed by atoms with E-state index in [1.165, 1.54) is 0 Å². The van der Waals surface area contributed by atoms with Gasteiger partial charge in [0.05, 0.1) is 29.5 Å². The third-order valence-corrected chi connectivity index (χ3v) is 2.62. The fourth-order valence-electron chi connectivity index (χ4n) is 1.73. The average Bonchev–Trinajstić information content (AvgIpc) is 2.64. The Bertz CT molecular complexity index is 611. The molecule has 0 spiro atoms. The lowest BCUT2D eigenvalue weighted by atomic mass is 10.2. The number of benzene rings is 1. The monoisotopic (exact) mass is 243 g/mol. The number of aromatic nitrogens is 2. The standard InChI is InChI=1S/C13H13N3O2/c1-9-12(8-17)13(16(2)15-9)18-11-5-3-4-10(6-11)7-14/h3-6,17H,8H2,1-2H3. The van der Waals surface area contributed by atoms with E-state index >= 15 is 0 Å². The quantitative estimate of drug-likeness (QED) is 0.893. The van der Waals surface area contributed by atoms with Crippen LogP contribution < -0.4 is 4.74 Å². The van der Waals surface area contributed by atoms with E-state index < -0.39 is 0 Å². The van der Waals surface area contributed by atoms with Crippen LogP contribution in [0.3, 0.4) is 0 Å². The van der Waals surface area contributed by atoms with Gasteiger partial charge in [0.1, 0.15) is 5.75 Å². The summed E-state index contributed by atoms with van der Waals surface area (Å²) in [6, 6.07) is 8.89. The summed E-state index contributed by atoms with van der Waals surface area (Å²) in [5.74, 6) is 1.04. The molecule has 0 radical (unpaired) electrons. The van der Waals surface area contributed by atoms with E-state index in [2.05, 4.69) is 5.10 Å². The summed E-state index contributed by atoms with van der Waals surface area (Å²) in [7, 11) is 1.75. The number of nitrogens with zero attached hydrogens (tertiary/aromatic N) is 3. The van der Waals surface area contributed by atoms with Gasteiger partial charge in [-0.3, -0.25) is 0 Å². The molecule has 0 aliphatic heterocycles. The Labute approximate surface area is 105 Å². The van der Waals surface area contributed by atoms with Crippen LogP contribution in [0, 0.1) is 18.3 Å². The third kappa shape index (κ3) is 2.19. The normalized spacial score (nSPS) is 10.1. The van der Waals surface area contributed by atoms with Crippen LogP contribution in [0.1, 0.15) is 16.8 Å². The zero-order valence-corrected chi connectivity index (χ0v) is 10.2. The van der Waals surface area contributed by atoms with Crippen molar-refractivity contribution in [2.75, 3.05) is 0 Å². The summed E-state index contributed by atoms with van der Waals surface area (Å²) in [4.78, 5) is 0. The van der Waals surface area contributed by atoms with Crippen LogP contribution in [0.15, 0.2) is 24.3 Å². The molecule has 0 saturated carbocycles. The van der Waals surface area contributed by atoms with Crippen molar-refractivity contribution in [2.24, 2.45) is 7.05 Å². The summed E-state index contributed by atoms with van der Waals surface area (Å²) in [6.07, 6.45) is 0. The number of aliphatic hydroxyl groups excluding tert-OH is 1. The number of ether oxygens (including phenoxy) is 1. The van der Waals surface area contributed by atoms with Gasteiger partial charge in [0, 0.05) is 7.05 Å². The molecule has 5 nitrogen and oxygen atoms in total. The van der Waals surface area contributed by atoms with E-state index in [0.717, 1.165) is 5.69 Å². The van der Waals surface area contributed by atoms with Crippen molar-refractivity contribution in [2.45, 2.75) is 13.5 Å². The van der Waals surface area contributed by atoms with Gasteiger partial charge in [0.15, 0.2) is 0 Å². The maximum absolute atomic E-state index is 9.31. The highest BCUT2D eigenvalue weighted by molar-refractivity contribution is 5.40. The van der Waals surface area contributed by atoms with E-state index in [4.69, 9.17) is 10.00 Å². The number of aliphatic hydroxyl groups is 1. The van der Waals surface area contributed by atoms with E-state index in [0.29, 0.717) is 22.8 Å². The van der Waals surface area contributed by atoms with E-state index in [1.54, 1.807) is 36.0 Å². The lowest BCUT2D eigenvalue weighted by Gasteiger charge is -2.07. The average molecular weight is 243 g/mol. The molecule has 92 valence electrons. The highest BCUT2D eigenvalue weighted by Crippen LogP contribution is 2.27. The van der Waals surface area contributed by atoms with Gasteiger partial charge in [-0.05, 0) is 25.1 Å². The molecular weight excluding hydrogens is 230 g/mol. The number of hydrogen-bond donors (Lipinski definition) is 1. The van der Waals surface area contributed by atoms with Crippen molar-refractivity contribution in [1.82, 2.24) is 9.78 Å². The topological polar surface area (TPSA) is 71.1 Å². The Morgan fingerprint density at radius 3 is 2.94 bits per heavy atom. The van der Waals surface area contributed by atoms with Gasteiger partial charge in [0.25, 0.3) is 0 Å². The van der Waals surface area contributed by atoms with Crippen molar-refractivity contribution in [1.29, 1.82) is 5.26 Å². The summed E-state index contributed by atoms with van der Waals surface area (Å²) >= 11 is 0. The molecule has 1 aromatic heterocycles. The lowest BCUT2D eigenvalue weighted by Crippen LogP contribution is -1.97. The van der Waals surface area contributed by atoms with Crippen LogP contribution >= 0.6 is 0 Å². The fourth-order valence-corrected chi connectivity index (χ4v) is 1.73. The minimum Gasteiger partial charge on any atom is -0.439 e. The molecule has 0 amide bonds. The van der Waals surface area contributed by atoms with Gasteiger partial charge in [0.2, 0.25) is 5.88 Å². The summed E-state index contributed by atoms with van der Waals surface area (Å²) < 4.78 is 7.25. The second-order valence-corrected chi connectivity index (χ2v) is 3.89. The maximum atomic E-state index is 9.31. The van der Waals surface area contributed by atoms with Crippen molar-refractivity contribution in [3.63, 3.8) is 0 Å². The first-order valence-electron chi connectivity index (χ1n) is 5.47. The van der Waals surface area contributed by atoms with E-state index in [9.17, 15) is 5.11 Å². The third-order valence-electron chi connectivity index (χ3n) is 2.62. The Hall–Kier alpha value is -2.32. The Kier molecular flexibility index (Phi) is 3.31. The zero-order valence-electron chi connectivity index (χ0n) is 10.2. The molecule has 0 aliphatic rings. The summed E-state index contributed by atoms with van der Waals surface area (Å²) in [5.41, 5.74) is 1.91. The summed E-state index contributed by atoms with van der Waals surface area (Å²) in [5, 5.41) is 22.3. The Morgan fingerprint density at radius 1 is 1.50 bits per heavy atom. The second-order valence-electron chi connectivity index (χ2n) is 3.89. The van der Waals surface area contributed by atoms with Crippen LogP contribution in [0.2, 0.25) is 0 Å². The molecular formula is C13H13N3O2. The molecule has 0 saturated heterocycles. The predicted molar refractivity (Wildman–Crippen MR) is 65.1 cm³/mol. The maximum Gasteiger partial charge on any atom is 0.223 e. The fraction of sp³-hybridized carbons (Fsp3) is 0.231. The molecule has 2 rings (SSSR count). The highest BCUT2D eigenvalue weighted by Gasteiger charge is 2.14. The number of rotatable bonds is 3. The SMILES string of the molecule is Cc1nn(C)c(Oc2cccc(C#N)c2)c1CO. The molecule has 0 unspecified atom stereocenters. The second kappa shape index (κ2) is 4.90. The minimum absolute atomic E-state index is 0.132. The van der Waals surface area contributed by atoms with Gasteiger partial charge < -0.3 is 9.84 Å². The van der Waals surface area contributed by atoms with Gasteiger partial charge in [-0.1, -0.05) is 6.07 Å². The van der Waals surface area contributed by atoms with Crippen molar-refractivity contribution < 1.29 is 9.84 Å². The predicted octanol–water partition coefficient (Wildman–Crippen LogP) is 1.88. The van der Waals surface area contributed by atoms with E-state index in [-0.39, 0.29) is 6.61 Å². The van der Waals surface area contributed by atoms with Crippen molar-refractivity contribution in [3.8, 4) is 17.7 Å². The number of hydrogen-bond acceptors (Lipinski definition) is 4. The van der Waals surface area contributed by atoms with Crippen LogP contribution in [0.4, 0.5) is 0 Å². The Balaban J connectivity index is 2.37. The van der Waals surface area contributed by atoms with Gasteiger partial charge in [-0.2, -0.15) is 10.4 Å². The largest absolute Gasteiger partial charge is 0.439 e. The van der Waals surface area contributed by atoms with Gasteiger partial charge in [-0.15, -0.1) is 0 Å². The molecule has 1 heterocycles. The summed E-state index contributed by atoms with van der Waals surface area (Å²) in [6.45, 7) is 1.68. The molecule has 0 aliphatic carbocycles. The molecule has 0 fully saturated rings. The minimum atomic E-state index is -0.132. The number of aryl methyl sites for hydroxylation is 2. The Morgan fingerprint density at radius 2 is 2.28 bits per heavy atom.